The zero-order valence-electron chi connectivity index (χ0n) is 15.0. The van der Waals surface area contributed by atoms with Crippen LogP contribution in [0, 0.1) is 0 Å². The standard InChI is InChI=1S/C20H21N3O4/c1-2-13-27-17-10-6-4-8-15(17)21-18(24)11-12-23-16-9-5-3-7-14(16)19(25)22-20(23)26/h3-10H,2,11-13H2,1H3,(H,21,24)(H,22,25,26). The van der Waals surface area contributed by atoms with Crippen molar-refractivity contribution < 1.29 is 9.53 Å². The Kier molecular flexibility index (Phi) is 5.71. The predicted octanol–water partition coefficient (Wildman–Crippen LogP) is 2.51. The van der Waals surface area contributed by atoms with Crippen LogP contribution in [0.5, 0.6) is 5.75 Å². The molecule has 0 saturated heterocycles. The number of para-hydroxylation sites is 3. The molecule has 27 heavy (non-hydrogen) atoms. The van der Waals surface area contributed by atoms with E-state index in [1.165, 1.54) is 4.57 Å². The number of aromatic amines is 1. The van der Waals surface area contributed by atoms with Crippen molar-refractivity contribution in [3.05, 3.63) is 69.4 Å². The minimum Gasteiger partial charge on any atom is -0.491 e. The third kappa shape index (κ3) is 4.25. The number of carbonyl (C=O) groups excluding carboxylic acids is 1. The second-order valence-electron chi connectivity index (χ2n) is 6.07. The van der Waals surface area contributed by atoms with Gasteiger partial charge < -0.3 is 10.1 Å². The predicted molar refractivity (Wildman–Crippen MR) is 104 cm³/mol. The molecule has 3 aromatic rings. The number of hydrogen-bond acceptors (Lipinski definition) is 4. The van der Waals surface area contributed by atoms with Gasteiger partial charge in [0.15, 0.2) is 0 Å². The monoisotopic (exact) mass is 367 g/mol. The second kappa shape index (κ2) is 8.35. The first-order valence-electron chi connectivity index (χ1n) is 8.83. The number of nitrogens with one attached hydrogen (secondary N) is 2. The molecule has 0 radical (unpaired) electrons. The van der Waals surface area contributed by atoms with E-state index >= 15 is 0 Å². The highest BCUT2D eigenvalue weighted by Crippen LogP contribution is 2.24. The minimum atomic E-state index is -0.529. The lowest BCUT2D eigenvalue weighted by Gasteiger charge is -2.13. The molecule has 0 saturated carbocycles. The number of hydrogen-bond donors (Lipinski definition) is 2. The van der Waals surface area contributed by atoms with E-state index in [-0.39, 0.29) is 18.9 Å². The summed E-state index contributed by atoms with van der Waals surface area (Å²) in [7, 11) is 0. The Morgan fingerprint density at radius 1 is 1.11 bits per heavy atom. The minimum absolute atomic E-state index is 0.0814. The summed E-state index contributed by atoms with van der Waals surface area (Å²) in [4.78, 5) is 38.7. The summed E-state index contributed by atoms with van der Waals surface area (Å²) in [5, 5.41) is 3.23. The van der Waals surface area contributed by atoms with E-state index in [9.17, 15) is 14.4 Å². The van der Waals surface area contributed by atoms with Crippen LogP contribution in [0.3, 0.4) is 0 Å². The Morgan fingerprint density at radius 2 is 1.85 bits per heavy atom. The molecular weight excluding hydrogens is 346 g/mol. The van der Waals surface area contributed by atoms with E-state index in [1.807, 2.05) is 19.1 Å². The smallest absolute Gasteiger partial charge is 0.328 e. The van der Waals surface area contributed by atoms with E-state index in [1.54, 1.807) is 36.4 Å². The molecule has 0 fully saturated rings. The van der Waals surface area contributed by atoms with Gasteiger partial charge in [0.2, 0.25) is 5.91 Å². The van der Waals surface area contributed by atoms with Crippen molar-refractivity contribution in [2.75, 3.05) is 11.9 Å². The van der Waals surface area contributed by atoms with Crippen molar-refractivity contribution in [3.8, 4) is 5.75 Å². The number of carbonyl (C=O) groups is 1. The highest BCUT2D eigenvalue weighted by atomic mass is 16.5. The van der Waals surface area contributed by atoms with E-state index in [0.29, 0.717) is 28.9 Å². The summed E-state index contributed by atoms with van der Waals surface area (Å²) < 4.78 is 7.03. The summed E-state index contributed by atoms with van der Waals surface area (Å²) in [6.45, 7) is 2.72. The van der Waals surface area contributed by atoms with Crippen molar-refractivity contribution in [3.63, 3.8) is 0 Å². The number of rotatable bonds is 7. The molecule has 0 aliphatic heterocycles. The van der Waals surface area contributed by atoms with Gasteiger partial charge in [0.1, 0.15) is 5.75 Å². The van der Waals surface area contributed by atoms with Gasteiger partial charge in [-0.05, 0) is 30.7 Å². The van der Waals surface area contributed by atoms with Crippen LogP contribution >= 0.6 is 0 Å². The second-order valence-corrected chi connectivity index (χ2v) is 6.07. The molecule has 0 aliphatic rings. The number of aryl methyl sites for hydroxylation is 1. The summed E-state index contributed by atoms with van der Waals surface area (Å²) in [6.07, 6.45) is 0.947. The molecule has 1 amide bonds. The molecule has 7 nitrogen and oxygen atoms in total. The Balaban J connectivity index is 1.75. The maximum atomic E-state index is 12.4. The SMILES string of the molecule is CCCOc1ccccc1NC(=O)CCn1c(=O)[nH]c(=O)c2ccccc21. The topological polar surface area (TPSA) is 93.2 Å². The molecule has 1 aromatic heterocycles. The van der Waals surface area contributed by atoms with Crippen LogP contribution in [0.4, 0.5) is 5.69 Å². The first kappa shape index (κ1) is 18.4. The lowest BCUT2D eigenvalue weighted by molar-refractivity contribution is -0.116. The Labute approximate surface area is 155 Å². The maximum absolute atomic E-state index is 12.4. The van der Waals surface area contributed by atoms with Gasteiger partial charge in [-0.15, -0.1) is 0 Å². The summed E-state index contributed by atoms with van der Waals surface area (Å²) in [5.41, 5.74) is 0.136. The van der Waals surface area contributed by atoms with Crippen LogP contribution in [0.2, 0.25) is 0 Å². The molecule has 0 atom stereocenters. The van der Waals surface area contributed by atoms with Crippen LogP contribution in [-0.2, 0) is 11.3 Å². The Bertz CT molecular complexity index is 1070. The van der Waals surface area contributed by atoms with Gasteiger partial charge in [-0.2, -0.15) is 0 Å². The molecule has 140 valence electrons. The molecule has 0 unspecified atom stereocenters. The van der Waals surface area contributed by atoms with E-state index in [0.717, 1.165) is 6.42 Å². The van der Waals surface area contributed by atoms with E-state index in [2.05, 4.69) is 10.3 Å². The number of aromatic nitrogens is 2. The van der Waals surface area contributed by atoms with Gasteiger partial charge in [0.05, 0.1) is 23.2 Å². The molecule has 0 bridgehead atoms. The molecule has 7 heteroatoms. The fraction of sp³-hybridized carbons (Fsp3) is 0.250. The molecule has 0 aliphatic carbocycles. The zero-order chi connectivity index (χ0) is 19.2. The van der Waals surface area contributed by atoms with Gasteiger partial charge in [-0.3, -0.25) is 19.1 Å². The Morgan fingerprint density at radius 3 is 2.67 bits per heavy atom. The number of fused-ring (bicyclic) bond motifs is 1. The first-order valence-corrected chi connectivity index (χ1v) is 8.83. The number of anilines is 1. The highest BCUT2D eigenvalue weighted by molar-refractivity contribution is 5.92. The summed E-state index contributed by atoms with van der Waals surface area (Å²) in [6, 6.07) is 14.0. The van der Waals surface area contributed by atoms with Crippen LogP contribution < -0.4 is 21.3 Å². The van der Waals surface area contributed by atoms with Gasteiger partial charge in [0, 0.05) is 13.0 Å². The fourth-order valence-corrected chi connectivity index (χ4v) is 2.80. The molecule has 3 rings (SSSR count). The van der Waals surface area contributed by atoms with Crippen LogP contribution in [0.25, 0.3) is 10.9 Å². The van der Waals surface area contributed by atoms with Crippen LogP contribution in [0.1, 0.15) is 19.8 Å². The largest absolute Gasteiger partial charge is 0.491 e. The van der Waals surface area contributed by atoms with Gasteiger partial charge >= 0.3 is 5.69 Å². The van der Waals surface area contributed by atoms with Crippen LogP contribution in [0.15, 0.2) is 58.1 Å². The Hall–Kier alpha value is -3.35. The molecule has 1 heterocycles. The van der Waals surface area contributed by atoms with Crippen molar-refractivity contribution in [2.45, 2.75) is 26.3 Å². The lowest BCUT2D eigenvalue weighted by Crippen LogP contribution is -2.31. The van der Waals surface area contributed by atoms with Crippen molar-refractivity contribution >= 4 is 22.5 Å². The number of benzene rings is 2. The number of amides is 1. The summed E-state index contributed by atoms with van der Waals surface area (Å²) >= 11 is 0. The van der Waals surface area contributed by atoms with E-state index < -0.39 is 11.2 Å². The first-order chi connectivity index (χ1) is 13.1. The molecular formula is C20H21N3O4. The van der Waals surface area contributed by atoms with Crippen LogP contribution in [-0.4, -0.2) is 22.1 Å². The van der Waals surface area contributed by atoms with Gasteiger partial charge in [0.25, 0.3) is 5.56 Å². The summed E-state index contributed by atoms with van der Waals surface area (Å²) in [5.74, 6) is 0.365. The average Bonchev–Trinajstić information content (AvgIpc) is 2.67. The quantitative estimate of drug-likeness (QED) is 0.671. The van der Waals surface area contributed by atoms with Gasteiger partial charge in [-0.1, -0.05) is 31.2 Å². The fourth-order valence-electron chi connectivity index (χ4n) is 2.80. The molecule has 2 N–H and O–H groups in total. The molecule has 0 spiro atoms. The number of ether oxygens (including phenoxy) is 1. The van der Waals surface area contributed by atoms with E-state index in [4.69, 9.17) is 4.74 Å². The van der Waals surface area contributed by atoms with Crippen molar-refractivity contribution in [2.24, 2.45) is 0 Å². The number of H-pyrrole nitrogens is 1. The van der Waals surface area contributed by atoms with Crippen molar-refractivity contribution in [1.82, 2.24) is 9.55 Å². The lowest BCUT2D eigenvalue weighted by atomic mass is 10.2. The highest BCUT2D eigenvalue weighted by Gasteiger charge is 2.11. The third-order valence-corrected chi connectivity index (χ3v) is 4.09. The number of nitrogens with zero attached hydrogens (tertiary/aromatic N) is 1. The third-order valence-electron chi connectivity index (χ3n) is 4.09. The van der Waals surface area contributed by atoms with Crippen molar-refractivity contribution in [1.29, 1.82) is 0 Å². The molecule has 2 aromatic carbocycles. The normalized spacial score (nSPS) is 10.7. The maximum Gasteiger partial charge on any atom is 0.328 e. The zero-order valence-corrected chi connectivity index (χ0v) is 15.0. The average molecular weight is 367 g/mol. The van der Waals surface area contributed by atoms with Gasteiger partial charge in [-0.25, -0.2) is 4.79 Å².